The summed E-state index contributed by atoms with van der Waals surface area (Å²) in [6.07, 6.45) is 3.38. The highest BCUT2D eigenvalue weighted by Crippen LogP contribution is 2.25. The molecule has 1 aliphatic carbocycles. The number of para-hydroxylation sites is 1. The quantitative estimate of drug-likeness (QED) is 0.795. The third kappa shape index (κ3) is 4.25. The van der Waals surface area contributed by atoms with Crippen molar-refractivity contribution in [1.29, 1.82) is 0 Å². The molecular weight excluding hydrogens is 309 g/mol. The van der Waals surface area contributed by atoms with Crippen molar-refractivity contribution in [2.24, 2.45) is 0 Å². The number of rotatable bonds is 7. The summed E-state index contributed by atoms with van der Waals surface area (Å²) >= 11 is 0. The third-order valence-corrected chi connectivity index (χ3v) is 3.96. The number of halogens is 1. The van der Waals surface area contributed by atoms with E-state index in [0.29, 0.717) is 12.3 Å². The highest BCUT2D eigenvalue weighted by Gasteiger charge is 2.11. The van der Waals surface area contributed by atoms with Gasteiger partial charge in [0.2, 0.25) is 0 Å². The minimum absolute atomic E-state index is 0.0432. The molecule has 0 aromatic heterocycles. The van der Waals surface area contributed by atoms with Gasteiger partial charge in [-0.1, -0.05) is 18.2 Å². The van der Waals surface area contributed by atoms with Gasteiger partial charge in [-0.15, -0.1) is 0 Å². The van der Waals surface area contributed by atoms with E-state index in [1.165, 1.54) is 23.6 Å². The lowest BCUT2D eigenvalue weighted by molar-refractivity contribution is -0.123. The molecule has 3 rings (SSSR count). The van der Waals surface area contributed by atoms with E-state index in [2.05, 4.69) is 11.4 Å². The van der Waals surface area contributed by atoms with Crippen LogP contribution in [0.2, 0.25) is 0 Å². The number of nitrogens with one attached hydrogen (secondary N) is 1. The van der Waals surface area contributed by atoms with Crippen LogP contribution in [0.1, 0.15) is 17.5 Å². The van der Waals surface area contributed by atoms with Crippen molar-refractivity contribution in [3.8, 4) is 11.5 Å². The Balaban J connectivity index is 1.36. The van der Waals surface area contributed by atoms with Crippen LogP contribution in [-0.4, -0.2) is 25.7 Å². The van der Waals surface area contributed by atoms with Gasteiger partial charge >= 0.3 is 0 Å². The number of benzene rings is 2. The molecule has 0 fully saturated rings. The average molecular weight is 329 g/mol. The van der Waals surface area contributed by atoms with Crippen LogP contribution in [0.4, 0.5) is 4.39 Å². The van der Waals surface area contributed by atoms with Gasteiger partial charge in [-0.3, -0.25) is 4.79 Å². The predicted octanol–water partition coefficient (Wildman–Crippen LogP) is 2.89. The summed E-state index contributed by atoms with van der Waals surface area (Å²) in [5.41, 5.74) is 2.68. The number of ether oxygens (including phenoxy) is 2. The Kier molecular flexibility index (Phi) is 5.31. The zero-order valence-electron chi connectivity index (χ0n) is 13.4. The second kappa shape index (κ2) is 7.81. The van der Waals surface area contributed by atoms with Crippen LogP contribution in [0, 0.1) is 5.82 Å². The van der Waals surface area contributed by atoms with Crippen LogP contribution in [0.25, 0.3) is 0 Å². The molecule has 0 unspecified atom stereocenters. The summed E-state index contributed by atoms with van der Waals surface area (Å²) in [4.78, 5) is 11.8. The molecule has 0 bridgehead atoms. The second-order valence-corrected chi connectivity index (χ2v) is 5.70. The topological polar surface area (TPSA) is 47.6 Å². The molecular formula is C19H20FNO3. The summed E-state index contributed by atoms with van der Waals surface area (Å²) in [5, 5.41) is 2.68. The number of hydrogen-bond donors (Lipinski definition) is 1. The molecule has 1 aliphatic rings. The monoisotopic (exact) mass is 329 g/mol. The maximum Gasteiger partial charge on any atom is 0.258 e. The number of hydrogen-bond acceptors (Lipinski definition) is 3. The van der Waals surface area contributed by atoms with Gasteiger partial charge in [0.15, 0.2) is 18.2 Å². The van der Waals surface area contributed by atoms with Crippen LogP contribution in [0.5, 0.6) is 11.5 Å². The highest BCUT2D eigenvalue weighted by molar-refractivity contribution is 5.77. The summed E-state index contributed by atoms with van der Waals surface area (Å²) in [6.45, 7) is 0.449. The Morgan fingerprint density at radius 2 is 1.92 bits per heavy atom. The molecule has 0 saturated carbocycles. The first-order chi connectivity index (χ1) is 11.7. The van der Waals surface area contributed by atoms with Gasteiger partial charge in [0, 0.05) is 0 Å². The van der Waals surface area contributed by atoms with Crippen molar-refractivity contribution in [2.45, 2.75) is 19.3 Å². The summed E-state index contributed by atoms with van der Waals surface area (Å²) in [5.74, 6) is 0.256. The van der Waals surface area contributed by atoms with Gasteiger partial charge in [-0.25, -0.2) is 4.39 Å². The number of fused-ring (bicyclic) bond motifs is 1. The lowest BCUT2D eigenvalue weighted by Crippen LogP contribution is -2.32. The first-order valence-corrected chi connectivity index (χ1v) is 8.11. The molecule has 0 atom stereocenters. The number of amides is 1. The Labute approximate surface area is 140 Å². The van der Waals surface area contributed by atoms with Crippen molar-refractivity contribution in [3.05, 3.63) is 59.4 Å². The number of aryl methyl sites for hydroxylation is 2. The van der Waals surface area contributed by atoms with E-state index in [4.69, 9.17) is 9.47 Å². The van der Waals surface area contributed by atoms with E-state index in [1.807, 2.05) is 12.1 Å². The molecule has 126 valence electrons. The molecule has 5 heteroatoms. The zero-order chi connectivity index (χ0) is 16.8. The summed E-state index contributed by atoms with van der Waals surface area (Å²) in [7, 11) is 0. The van der Waals surface area contributed by atoms with Crippen LogP contribution >= 0.6 is 0 Å². The maximum absolute atomic E-state index is 13.3. The minimum atomic E-state index is -0.413. The Bertz CT molecular complexity index is 718. The van der Waals surface area contributed by atoms with Crippen LogP contribution in [-0.2, 0) is 17.6 Å². The molecule has 2 aromatic rings. The molecule has 0 saturated heterocycles. The standard InChI is InChI=1S/C19H20FNO3/c20-17-6-1-2-7-18(17)23-11-10-21-19(22)13-24-16-9-8-14-4-3-5-15(14)12-16/h1-2,6-9,12H,3-5,10-11,13H2,(H,21,22). The van der Waals surface area contributed by atoms with E-state index in [9.17, 15) is 9.18 Å². The predicted molar refractivity (Wildman–Crippen MR) is 88.9 cm³/mol. The Hall–Kier alpha value is -2.56. The van der Waals surface area contributed by atoms with Crippen molar-refractivity contribution >= 4 is 5.91 Å². The number of carbonyl (C=O) groups is 1. The van der Waals surface area contributed by atoms with Crippen LogP contribution in [0.15, 0.2) is 42.5 Å². The smallest absolute Gasteiger partial charge is 0.258 e. The van der Waals surface area contributed by atoms with Gasteiger partial charge in [0.05, 0.1) is 6.54 Å². The van der Waals surface area contributed by atoms with Crippen molar-refractivity contribution in [2.75, 3.05) is 19.8 Å². The van der Waals surface area contributed by atoms with Crippen molar-refractivity contribution in [1.82, 2.24) is 5.32 Å². The highest BCUT2D eigenvalue weighted by atomic mass is 19.1. The first kappa shape index (κ1) is 16.3. The minimum Gasteiger partial charge on any atom is -0.489 e. The van der Waals surface area contributed by atoms with E-state index >= 15 is 0 Å². The van der Waals surface area contributed by atoms with Gasteiger partial charge in [0.25, 0.3) is 5.91 Å². The zero-order valence-corrected chi connectivity index (χ0v) is 13.4. The van der Waals surface area contributed by atoms with E-state index in [0.717, 1.165) is 12.8 Å². The van der Waals surface area contributed by atoms with Crippen LogP contribution < -0.4 is 14.8 Å². The Morgan fingerprint density at radius 3 is 2.79 bits per heavy atom. The summed E-state index contributed by atoms with van der Waals surface area (Å²) in [6, 6.07) is 12.2. The fourth-order valence-corrected chi connectivity index (χ4v) is 2.75. The largest absolute Gasteiger partial charge is 0.489 e. The lowest BCUT2D eigenvalue weighted by atomic mass is 10.1. The van der Waals surface area contributed by atoms with Crippen molar-refractivity contribution in [3.63, 3.8) is 0 Å². The average Bonchev–Trinajstić information content (AvgIpc) is 3.06. The Morgan fingerprint density at radius 1 is 1.08 bits per heavy atom. The molecule has 1 amide bonds. The molecule has 1 N–H and O–H groups in total. The molecule has 0 radical (unpaired) electrons. The van der Waals surface area contributed by atoms with Gasteiger partial charge in [-0.05, 0) is 54.7 Å². The summed E-state index contributed by atoms with van der Waals surface area (Å²) < 4.78 is 24.1. The second-order valence-electron chi connectivity index (χ2n) is 5.70. The lowest BCUT2D eigenvalue weighted by Gasteiger charge is -2.10. The molecule has 2 aromatic carbocycles. The maximum atomic E-state index is 13.3. The normalized spacial score (nSPS) is 12.5. The van der Waals surface area contributed by atoms with E-state index in [-0.39, 0.29) is 24.9 Å². The fraction of sp³-hybridized carbons (Fsp3) is 0.316. The van der Waals surface area contributed by atoms with Crippen LogP contribution in [0.3, 0.4) is 0 Å². The first-order valence-electron chi connectivity index (χ1n) is 8.11. The fourth-order valence-electron chi connectivity index (χ4n) is 2.75. The van der Waals surface area contributed by atoms with E-state index in [1.54, 1.807) is 18.2 Å². The van der Waals surface area contributed by atoms with Gasteiger partial charge in [0.1, 0.15) is 12.4 Å². The van der Waals surface area contributed by atoms with E-state index < -0.39 is 5.82 Å². The molecule has 0 heterocycles. The SMILES string of the molecule is O=C(COc1ccc2c(c1)CCC2)NCCOc1ccccc1F. The third-order valence-electron chi connectivity index (χ3n) is 3.96. The molecule has 24 heavy (non-hydrogen) atoms. The molecule has 0 spiro atoms. The molecule has 4 nitrogen and oxygen atoms in total. The molecule has 0 aliphatic heterocycles. The number of carbonyl (C=O) groups excluding carboxylic acids is 1. The van der Waals surface area contributed by atoms with Crippen molar-refractivity contribution < 1.29 is 18.7 Å². The van der Waals surface area contributed by atoms with Gasteiger partial charge in [-0.2, -0.15) is 0 Å². The van der Waals surface area contributed by atoms with Gasteiger partial charge < -0.3 is 14.8 Å².